The van der Waals surface area contributed by atoms with Gasteiger partial charge in [-0.1, -0.05) is 6.07 Å². The maximum atomic E-state index is 13.6. The number of benzene rings is 2. The Morgan fingerprint density at radius 1 is 1.16 bits per heavy atom. The Morgan fingerprint density at radius 2 is 1.78 bits per heavy atom. The number of phenols is 2. The largest absolute Gasteiger partial charge is 0.508 e. The summed E-state index contributed by atoms with van der Waals surface area (Å²) in [6.45, 7) is 1.67. The molecule has 32 heavy (non-hydrogen) atoms. The number of Topliss-reactive ketones (excluding diaryl/α,β-unsaturated/α-hetero) is 2. The zero-order valence-electron chi connectivity index (χ0n) is 17.6. The normalized spacial score (nSPS) is 25.3. The van der Waals surface area contributed by atoms with Gasteiger partial charge in [0, 0.05) is 5.92 Å². The molecule has 0 aromatic heterocycles. The average Bonchev–Trinajstić information content (AvgIpc) is 2.70. The number of phenolic OH excluding ortho intramolecular Hbond substituents is 2. The minimum Gasteiger partial charge on any atom is -0.508 e. The lowest BCUT2D eigenvalue weighted by atomic mass is 9.61. The molecule has 2 aliphatic rings. The number of rotatable bonds is 2. The Labute approximate surface area is 182 Å². The molecule has 0 spiro atoms. The van der Waals surface area contributed by atoms with Gasteiger partial charge in [-0.3, -0.25) is 19.3 Å². The van der Waals surface area contributed by atoms with E-state index in [4.69, 9.17) is 11.5 Å². The van der Waals surface area contributed by atoms with Crippen LogP contribution in [0.15, 0.2) is 23.5 Å². The molecule has 0 saturated heterocycles. The zero-order chi connectivity index (χ0) is 23.9. The minimum atomic E-state index is -2.69. The number of likely N-dealkylation sites (N-methyl/N-ethyl adjacent to an activating group) is 1. The van der Waals surface area contributed by atoms with Crippen LogP contribution in [0.5, 0.6) is 11.5 Å². The van der Waals surface area contributed by atoms with Gasteiger partial charge >= 0.3 is 0 Å². The molecule has 8 N–H and O–H groups in total. The number of nitrogen functional groups attached to an aromatic ring is 1. The van der Waals surface area contributed by atoms with Crippen molar-refractivity contribution in [2.75, 3.05) is 19.8 Å². The first-order valence-electron chi connectivity index (χ1n) is 9.82. The summed E-state index contributed by atoms with van der Waals surface area (Å²) in [4.78, 5) is 40.0. The van der Waals surface area contributed by atoms with Crippen LogP contribution in [-0.4, -0.2) is 68.5 Å². The number of fused-ring (bicyclic) bond motifs is 3. The van der Waals surface area contributed by atoms with Crippen molar-refractivity contribution >= 4 is 33.9 Å². The molecule has 10 nitrogen and oxygen atoms in total. The molecule has 3 atom stereocenters. The third kappa shape index (κ3) is 2.44. The third-order valence-electron chi connectivity index (χ3n) is 6.67. The molecule has 4 rings (SSSR count). The first-order chi connectivity index (χ1) is 14.8. The molecule has 0 unspecified atom stereocenters. The van der Waals surface area contributed by atoms with Crippen LogP contribution in [0.1, 0.15) is 21.5 Å². The van der Waals surface area contributed by atoms with Crippen molar-refractivity contribution in [1.29, 1.82) is 0 Å². The summed E-state index contributed by atoms with van der Waals surface area (Å²) in [5.74, 6) is -6.55. The third-order valence-corrected chi connectivity index (χ3v) is 6.67. The van der Waals surface area contributed by atoms with E-state index in [2.05, 4.69) is 0 Å². The molecule has 0 fully saturated rings. The lowest BCUT2D eigenvalue weighted by Gasteiger charge is -2.47. The second-order valence-electron chi connectivity index (χ2n) is 8.52. The van der Waals surface area contributed by atoms with E-state index in [1.807, 2.05) is 0 Å². The Kier molecular flexibility index (Phi) is 4.51. The number of hydrogen-bond donors (Lipinski definition) is 6. The van der Waals surface area contributed by atoms with Gasteiger partial charge in [0.05, 0.1) is 22.7 Å². The highest BCUT2D eigenvalue weighted by Gasteiger charge is 2.62. The predicted molar refractivity (Wildman–Crippen MR) is 114 cm³/mol. The van der Waals surface area contributed by atoms with E-state index in [1.165, 1.54) is 25.1 Å². The molecule has 0 heterocycles. The number of aryl methyl sites for hydroxylation is 1. The number of amides is 1. The number of carbonyl (C=O) groups is 3. The molecule has 2 aromatic carbocycles. The number of aliphatic hydroxyl groups is 2. The summed E-state index contributed by atoms with van der Waals surface area (Å²) in [6.07, 6.45) is -0.0806. The number of carbonyl (C=O) groups excluding carboxylic acids is 3. The second kappa shape index (κ2) is 6.68. The fourth-order valence-electron chi connectivity index (χ4n) is 5.10. The van der Waals surface area contributed by atoms with Gasteiger partial charge in [-0.05, 0) is 50.0 Å². The van der Waals surface area contributed by atoms with Crippen LogP contribution in [0, 0.1) is 12.8 Å². The van der Waals surface area contributed by atoms with Crippen LogP contribution in [-0.2, 0) is 16.0 Å². The monoisotopic (exact) mass is 441 g/mol. The van der Waals surface area contributed by atoms with Crippen molar-refractivity contribution in [3.63, 3.8) is 0 Å². The highest BCUT2D eigenvalue weighted by atomic mass is 16.3. The highest BCUT2D eigenvalue weighted by molar-refractivity contribution is 6.25. The number of nitrogens with two attached hydrogens (primary N) is 2. The quantitative estimate of drug-likeness (QED) is 0.212. The number of aromatic hydroxyl groups is 2. The van der Waals surface area contributed by atoms with E-state index in [1.54, 1.807) is 13.0 Å². The van der Waals surface area contributed by atoms with E-state index in [-0.39, 0.29) is 23.1 Å². The molecule has 0 bridgehead atoms. The van der Waals surface area contributed by atoms with Crippen LogP contribution >= 0.6 is 0 Å². The minimum absolute atomic E-state index is 0.0262. The van der Waals surface area contributed by atoms with Crippen molar-refractivity contribution in [2.24, 2.45) is 11.7 Å². The van der Waals surface area contributed by atoms with Gasteiger partial charge < -0.3 is 31.9 Å². The maximum absolute atomic E-state index is 13.6. The summed E-state index contributed by atoms with van der Waals surface area (Å²) < 4.78 is 0. The van der Waals surface area contributed by atoms with E-state index in [0.29, 0.717) is 16.5 Å². The molecular formula is C22H23N3O7. The smallest absolute Gasteiger partial charge is 0.255 e. The van der Waals surface area contributed by atoms with E-state index in [0.717, 1.165) is 0 Å². The topological polar surface area (TPSA) is 187 Å². The molecule has 0 aliphatic heterocycles. The maximum Gasteiger partial charge on any atom is 0.255 e. The molecule has 2 aliphatic carbocycles. The van der Waals surface area contributed by atoms with E-state index in [9.17, 15) is 34.8 Å². The molecule has 168 valence electrons. The first kappa shape index (κ1) is 21.6. The van der Waals surface area contributed by atoms with E-state index >= 15 is 0 Å². The van der Waals surface area contributed by atoms with Gasteiger partial charge in [-0.15, -0.1) is 0 Å². The average molecular weight is 441 g/mol. The van der Waals surface area contributed by atoms with Crippen LogP contribution in [0.4, 0.5) is 5.69 Å². The summed E-state index contributed by atoms with van der Waals surface area (Å²) in [5, 5.41) is 44.0. The highest BCUT2D eigenvalue weighted by Crippen LogP contribution is 2.51. The van der Waals surface area contributed by atoms with Crippen LogP contribution in [0.25, 0.3) is 10.8 Å². The number of hydrogen-bond acceptors (Lipinski definition) is 9. The van der Waals surface area contributed by atoms with Crippen LogP contribution in [0.3, 0.4) is 0 Å². The van der Waals surface area contributed by atoms with Crippen molar-refractivity contribution in [3.05, 3.63) is 40.2 Å². The van der Waals surface area contributed by atoms with Crippen LogP contribution < -0.4 is 11.5 Å². The molecule has 2 aromatic rings. The number of nitrogens with zero attached hydrogens (tertiary/aromatic N) is 1. The Morgan fingerprint density at radius 3 is 2.34 bits per heavy atom. The van der Waals surface area contributed by atoms with Crippen LogP contribution in [0.2, 0.25) is 0 Å². The van der Waals surface area contributed by atoms with Gasteiger partial charge in [0.25, 0.3) is 5.91 Å². The Hall–Kier alpha value is -3.63. The van der Waals surface area contributed by atoms with Gasteiger partial charge in [0.1, 0.15) is 22.8 Å². The van der Waals surface area contributed by atoms with Gasteiger partial charge in [0.15, 0.2) is 11.4 Å². The lowest BCUT2D eigenvalue weighted by Crippen LogP contribution is -2.64. The fourth-order valence-corrected chi connectivity index (χ4v) is 5.10. The number of aliphatic hydroxyl groups excluding tert-OH is 1. The van der Waals surface area contributed by atoms with Crippen molar-refractivity contribution in [1.82, 2.24) is 4.90 Å². The number of primary amides is 1. The van der Waals surface area contributed by atoms with Gasteiger partial charge in [-0.25, -0.2) is 0 Å². The fraction of sp³-hybridized carbons (Fsp3) is 0.318. The molecule has 0 radical (unpaired) electrons. The molecule has 1 amide bonds. The summed E-state index contributed by atoms with van der Waals surface area (Å²) in [5.41, 5.74) is 8.03. The number of ketones is 2. The summed E-state index contributed by atoms with van der Waals surface area (Å²) >= 11 is 0. The Balaban J connectivity index is 2.12. The number of anilines is 1. The zero-order valence-corrected chi connectivity index (χ0v) is 17.6. The van der Waals surface area contributed by atoms with Crippen molar-refractivity contribution < 1.29 is 34.8 Å². The summed E-state index contributed by atoms with van der Waals surface area (Å²) in [7, 11) is 3.07. The predicted octanol–water partition coefficient (Wildman–Crippen LogP) is 0.0380. The van der Waals surface area contributed by atoms with Crippen molar-refractivity contribution in [3.8, 4) is 11.5 Å². The van der Waals surface area contributed by atoms with Crippen molar-refractivity contribution in [2.45, 2.75) is 25.0 Å². The molecule has 10 heteroatoms. The SMILES string of the molecule is Cc1c2c(c(O)c3c(O)c(N)ccc13)C(=O)[C@]1(O)C(O)=C(C(N)=O)C(=O)[C@@H](N(C)C)[C@@H]1C2. The first-order valence-corrected chi connectivity index (χ1v) is 9.82. The van der Waals surface area contributed by atoms with E-state index < -0.39 is 57.9 Å². The second-order valence-corrected chi connectivity index (χ2v) is 8.52. The lowest BCUT2D eigenvalue weighted by molar-refractivity contribution is -0.132. The molecule has 0 saturated carbocycles. The van der Waals surface area contributed by atoms with Gasteiger partial charge in [0.2, 0.25) is 5.78 Å². The Bertz CT molecular complexity index is 1280. The van der Waals surface area contributed by atoms with Gasteiger partial charge in [-0.2, -0.15) is 0 Å². The molecular weight excluding hydrogens is 418 g/mol. The summed E-state index contributed by atoms with van der Waals surface area (Å²) in [6, 6.07) is 1.90. The standard InChI is InChI=1S/C22H23N3O7/c1-7-8-4-5-11(23)16(26)12(8)17(27)13-9(7)6-10-15(25(2)3)18(28)14(21(24)31)20(30)22(10,32)19(13)29/h4-5,10,15,26-27,30,32H,6,23H2,1-3H3,(H2,24,31)/t10-,15-,22-/m0/s1.